The average molecular weight is 230 g/mol. The predicted molar refractivity (Wildman–Crippen MR) is 70.3 cm³/mol. The standard InChI is InChI=1S/C14H18N2O/c1-10(2)15-9-12-8-11-6-4-5-7-13(11)14(16-12)17-3/h4-8,10,15H,9H2,1-3H3. The molecule has 0 saturated heterocycles. The third-order valence-electron chi connectivity index (χ3n) is 2.64. The molecule has 0 amide bonds. The number of hydrogen-bond acceptors (Lipinski definition) is 3. The van der Waals surface area contributed by atoms with E-state index in [1.165, 1.54) is 5.39 Å². The fourth-order valence-corrected chi connectivity index (χ4v) is 1.77. The predicted octanol–water partition coefficient (Wildman–Crippen LogP) is 2.74. The highest BCUT2D eigenvalue weighted by Crippen LogP contribution is 2.23. The number of ether oxygens (including phenoxy) is 1. The Hall–Kier alpha value is -1.61. The van der Waals surface area contributed by atoms with Crippen molar-refractivity contribution in [3.05, 3.63) is 36.0 Å². The summed E-state index contributed by atoms with van der Waals surface area (Å²) < 4.78 is 5.34. The monoisotopic (exact) mass is 230 g/mol. The second kappa shape index (κ2) is 5.15. The highest BCUT2D eigenvalue weighted by atomic mass is 16.5. The Balaban J connectivity index is 2.38. The SMILES string of the molecule is COc1nc(CNC(C)C)cc2ccccc12. The molecule has 90 valence electrons. The van der Waals surface area contributed by atoms with Gasteiger partial charge in [-0.3, -0.25) is 0 Å². The summed E-state index contributed by atoms with van der Waals surface area (Å²) in [4.78, 5) is 4.51. The minimum Gasteiger partial charge on any atom is -0.481 e. The molecule has 0 aliphatic heterocycles. The van der Waals surface area contributed by atoms with Crippen LogP contribution in [0.15, 0.2) is 30.3 Å². The molecule has 0 fully saturated rings. The number of benzene rings is 1. The molecule has 2 aromatic rings. The van der Waals surface area contributed by atoms with Crippen LogP contribution in [-0.4, -0.2) is 18.1 Å². The molecule has 0 spiro atoms. The Morgan fingerprint density at radius 3 is 2.76 bits per heavy atom. The molecule has 0 saturated carbocycles. The van der Waals surface area contributed by atoms with E-state index >= 15 is 0 Å². The van der Waals surface area contributed by atoms with Gasteiger partial charge in [-0.1, -0.05) is 32.0 Å². The number of pyridine rings is 1. The Kier molecular flexibility index (Phi) is 3.59. The zero-order valence-corrected chi connectivity index (χ0v) is 10.5. The van der Waals surface area contributed by atoms with Gasteiger partial charge in [0.1, 0.15) is 0 Å². The first-order chi connectivity index (χ1) is 8.20. The van der Waals surface area contributed by atoms with E-state index in [-0.39, 0.29) is 0 Å². The Morgan fingerprint density at radius 1 is 1.29 bits per heavy atom. The number of hydrogen-bond donors (Lipinski definition) is 1. The van der Waals surface area contributed by atoms with E-state index < -0.39 is 0 Å². The van der Waals surface area contributed by atoms with Gasteiger partial charge >= 0.3 is 0 Å². The lowest BCUT2D eigenvalue weighted by Gasteiger charge is -2.10. The summed E-state index contributed by atoms with van der Waals surface area (Å²) in [6.45, 7) is 5.01. The highest BCUT2D eigenvalue weighted by molar-refractivity contribution is 5.87. The molecule has 3 nitrogen and oxygen atoms in total. The van der Waals surface area contributed by atoms with Crippen LogP contribution in [0.1, 0.15) is 19.5 Å². The van der Waals surface area contributed by atoms with Crippen molar-refractivity contribution in [1.29, 1.82) is 0 Å². The van der Waals surface area contributed by atoms with Gasteiger partial charge in [0, 0.05) is 18.0 Å². The zero-order chi connectivity index (χ0) is 12.3. The quantitative estimate of drug-likeness (QED) is 0.877. The van der Waals surface area contributed by atoms with Crippen molar-refractivity contribution < 1.29 is 4.74 Å². The van der Waals surface area contributed by atoms with Crippen LogP contribution in [-0.2, 0) is 6.54 Å². The van der Waals surface area contributed by atoms with Crippen LogP contribution < -0.4 is 10.1 Å². The summed E-state index contributed by atoms with van der Waals surface area (Å²) >= 11 is 0. The Labute approximate surface area is 102 Å². The van der Waals surface area contributed by atoms with Gasteiger partial charge in [-0.25, -0.2) is 4.98 Å². The van der Waals surface area contributed by atoms with E-state index in [1.54, 1.807) is 7.11 Å². The Morgan fingerprint density at radius 2 is 2.06 bits per heavy atom. The van der Waals surface area contributed by atoms with Crippen molar-refractivity contribution in [2.45, 2.75) is 26.4 Å². The summed E-state index contributed by atoms with van der Waals surface area (Å²) in [6.07, 6.45) is 0. The van der Waals surface area contributed by atoms with Gasteiger partial charge in [0.05, 0.1) is 12.8 Å². The second-order valence-electron chi connectivity index (χ2n) is 4.38. The molecule has 0 aliphatic rings. The lowest BCUT2D eigenvalue weighted by molar-refractivity contribution is 0.401. The van der Waals surface area contributed by atoms with Crippen LogP contribution in [0.25, 0.3) is 10.8 Å². The van der Waals surface area contributed by atoms with E-state index in [0.29, 0.717) is 11.9 Å². The largest absolute Gasteiger partial charge is 0.481 e. The van der Waals surface area contributed by atoms with E-state index in [2.05, 4.69) is 36.3 Å². The molecule has 0 bridgehead atoms. The summed E-state index contributed by atoms with van der Waals surface area (Å²) in [7, 11) is 1.66. The first-order valence-corrected chi connectivity index (χ1v) is 5.86. The van der Waals surface area contributed by atoms with Crippen LogP contribution >= 0.6 is 0 Å². The molecule has 0 aliphatic carbocycles. The average Bonchev–Trinajstić information content (AvgIpc) is 2.35. The number of methoxy groups -OCH3 is 1. The molecule has 2 rings (SSSR count). The first-order valence-electron chi connectivity index (χ1n) is 5.86. The number of rotatable bonds is 4. The first kappa shape index (κ1) is 11.9. The maximum atomic E-state index is 5.34. The molecule has 1 heterocycles. The van der Waals surface area contributed by atoms with E-state index in [4.69, 9.17) is 4.74 Å². The molecule has 0 radical (unpaired) electrons. The van der Waals surface area contributed by atoms with Crippen molar-refractivity contribution >= 4 is 10.8 Å². The third-order valence-corrected chi connectivity index (χ3v) is 2.64. The number of nitrogens with one attached hydrogen (secondary N) is 1. The van der Waals surface area contributed by atoms with E-state index in [9.17, 15) is 0 Å². The maximum absolute atomic E-state index is 5.34. The Bertz CT molecular complexity index is 509. The second-order valence-corrected chi connectivity index (χ2v) is 4.38. The smallest absolute Gasteiger partial charge is 0.221 e. The molecule has 17 heavy (non-hydrogen) atoms. The van der Waals surface area contributed by atoms with Crippen molar-refractivity contribution in [2.75, 3.05) is 7.11 Å². The summed E-state index contributed by atoms with van der Waals surface area (Å²) in [5.41, 5.74) is 1.01. The molecule has 3 heteroatoms. The van der Waals surface area contributed by atoms with Crippen molar-refractivity contribution in [1.82, 2.24) is 10.3 Å². The summed E-state index contributed by atoms with van der Waals surface area (Å²) in [5, 5.41) is 5.58. The van der Waals surface area contributed by atoms with Crippen LogP contribution in [0.5, 0.6) is 5.88 Å². The van der Waals surface area contributed by atoms with Gasteiger partial charge in [0.25, 0.3) is 0 Å². The van der Waals surface area contributed by atoms with Gasteiger partial charge in [0.2, 0.25) is 5.88 Å². The molecule has 1 N–H and O–H groups in total. The minimum atomic E-state index is 0.453. The van der Waals surface area contributed by atoms with Gasteiger partial charge in [-0.05, 0) is 17.5 Å². The molecule has 0 atom stereocenters. The number of fused-ring (bicyclic) bond motifs is 1. The van der Waals surface area contributed by atoms with Crippen molar-refractivity contribution in [2.24, 2.45) is 0 Å². The molecule has 1 aromatic heterocycles. The topological polar surface area (TPSA) is 34.1 Å². The van der Waals surface area contributed by atoms with Gasteiger partial charge in [-0.2, -0.15) is 0 Å². The minimum absolute atomic E-state index is 0.453. The van der Waals surface area contributed by atoms with Gasteiger partial charge in [0.15, 0.2) is 0 Å². The maximum Gasteiger partial charge on any atom is 0.221 e. The summed E-state index contributed by atoms with van der Waals surface area (Å²) in [5.74, 6) is 0.698. The lowest BCUT2D eigenvalue weighted by atomic mass is 10.1. The highest BCUT2D eigenvalue weighted by Gasteiger charge is 2.05. The fraction of sp³-hybridized carbons (Fsp3) is 0.357. The normalized spacial score (nSPS) is 11.1. The van der Waals surface area contributed by atoms with Crippen LogP contribution in [0.4, 0.5) is 0 Å². The van der Waals surface area contributed by atoms with Crippen LogP contribution in [0.2, 0.25) is 0 Å². The van der Waals surface area contributed by atoms with Gasteiger partial charge < -0.3 is 10.1 Å². The fourth-order valence-electron chi connectivity index (χ4n) is 1.77. The summed E-state index contributed by atoms with van der Waals surface area (Å²) in [6, 6.07) is 10.7. The van der Waals surface area contributed by atoms with Crippen molar-refractivity contribution in [3.8, 4) is 5.88 Å². The number of aromatic nitrogens is 1. The third kappa shape index (κ3) is 2.74. The van der Waals surface area contributed by atoms with Gasteiger partial charge in [-0.15, -0.1) is 0 Å². The van der Waals surface area contributed by atoms with E-state index in [1.807, 2.05) is 18.2 Å². The molecular weight excluding hydrogens is 212 g/mol. The van der Waals surface area contributed by atoms with Crippen LogP contribution in [0, 0.1) is 0 Å². The van der Waals surface area contributed by atoms with Crippen molar-refractivity contribution in [3.63, 3.8) is 0 Å². The van der Waals surface area contributed by atoms with Crippen LogP contribution in [0.3, 0.4) is 0 Å². The lowest BCUT2D eigenvalue weighted by Crippen LogP contribution is -2.22. The molecule has 1 aromatic carbocycles. The number of nitrogens with zero attached hydrogens (tertiary/aromatic N) is 1. The zero-order valence-electron chi connectivity index (χ0n) is 10.5. The van der Waals surface area contributed by atoms with E-state index in [0.717, 1.165) is 17.6 Å². The molecule has 0 unspecified atom stereocenters. The molecular formula is C14H18N2O.